The molecule has 4 aromatic rings. The van der Waals surface area contributed by atoms with Crippen molar-refractivity contribution in [2.24, 2.45) is 0 Å². The van der Waals surface area contributed by atoms with Gasteiger partial charge in [-0.3, -0.25) is 14.2 Å². The average molecular weight is 482 g/mol. The van der Waals surface area contributed by atoms with Gasteiger partial charge in [0.2, 0.25) is 5.91 Å². The molecular formula is C24H23N3O4S2. The van der Waals surface area contributed by atoms with Crippen LogP contribution in [0.5, 0.6) is 11.5 Å². The number of amides is 1. The lowest BCUT2D eigenvalue weighted by Crippen LogP contribution is -2.22. The second-order valence-electron chi connectivity index (χ2n) is 7.06. The van der Waals surface area contributed by atoms with Crippen LogP contribution in [0.25, 0.3) is 15.9 Å². The number of nitrogens with zero attached hydrogens (tertiary/aromatic N) is 2. The van der Waals surface area contributed by atoms with Gasteiger partial charge in [0.25, 0.3) is 5.56 Å². The average Bonchev–Trinajstić information content (AvgIpc) is 3.27. The summed E-state index contributed by atoms with van der Waals surface area (Å²) >= 11 is 2.73. The molecule has 7 nitrogen and oxygen atoms in total. The van der Waals surface area contributed by atoms with Crippen LogP contribution in [-0.2, 0) is 11.2 Å². The lowest BCUT2D eigenvalue weighted by molar-refractivity contribution is -0.113. The third-order valence-electron chi connectivity index (χ3n) is 4.96. The van der Waals surface area contributed by atoms with Crippen molar-refractivity contribution in [1.82, 2.24) is 9.55 Å². The molecule has 0 radical (unpaired) electrons. The standard InChI is InChI=1S/C24H23N3O4S2/c1-4-17-13-18-22(33-17)26-24(27(23(18)29)15-8-6-5-7-9-15)32-14-21(28)25-19-11-10-16(30-2)12-20(19)31-3/h5-13H,4,14H2,1-3H3,(H,25,28). The summed E-state index contributed by atoms with van der Waals surface area (Å²) in [6.07, 6.45) is 0.834. The summed E-state index contributed by atoms with van der Waals surface area (Å²) in [5, 5.41) is 3.92. The highest BCUT2D eigenvalue weighted by molar-refractivity contribution is 7.99. The highest BCUT2D eigenvalue weighted by atomic mass is 32.2. The molecule has 4 rings (SSSR count). The first-order valence-electron chi connectivity index (χ1n) is 10.3. The monoisotopic (exact) mass is 481 g/mol. The maximum Gasteiger partial charge on any atom is 0.267 e. The lowest BCUT2D eigenvalue weighted by atomic mass is 10.2. The van der Waals surface area contributed by atoms with Crippen LogP contribution in [-0.4, -0.2) is 35.4 Å². The Hall–Kier alpha value is -3.30. The van der Waals surface area contributed by atoms with Crippen LogP contribution in [0.1, 0.15) is 11.8 Å². The number of rotatable bonds is 8. The van der Waals surface area contributed by atoms with E-state index in [0.717, 1.165) is 11.3 Å². The Labute approximate surface area is 199 Å². The van der Waals surface area contributed by atoms with E-state index in [0.29, 0.717) is 38.2 Å². The summed E-state index contributed by atoms with van der Waals surface area (Å²) in [6, 6.07) is 16.4. The molecule has 33 heavy (non-hydrogen) atoms. The minimum Gasteiger partial charge on any atom is -0.497 e. The van der Waals surface area contributed by atoms with Crippen molar-refractivity contribution in [3.05, 3.63) is 69.8 Å². The van der Waals surface area contributed by atoms with Crippen molar-refractivity contribution in [1.29, 1.82) is 0 Å². The van der Waals surface area contributed by atoms with Crippen LogP contribution in [0.15, 0.2) is 64.5 Å². The first-order chi connectivity index (χ1) is 16.0. The molecule has 0 bridgehead atoms. The highest BCUT2D eigenvalue weighted by Gasteiger charge is 2.17. The second kappa shape index (κ2) is 10.1. The van der Waals surface area contributed by atoms with Gasteiger partial charge in [0.15, 0.2) is 5.16 Å². The molecule has 0 aliphatic carbocycles. The fourth-order valence-corrected chi connectivity index (χ4v) is 5.13. The number of fused-ring (bicyclic) bond motifs is 1. The van der Waals surface area contributed by atoms with Crippen molar-refractivity contribution in [3.63, 3.8) is 0 Å². The van der Waals surface area contributed by atoms with Crippen LogP contribution in [0, 0.1) is 0 Å². The normalized spacial score (nSPS) is 10.9. The van der Waals surface area contributed by atoms with Crippen molar-refractivity contribution in [3.8, 4) is 17.2 Å². The highest BCUT2D eigenvalue weighted by Crippen LogP contribution is 2.30. The molecule has 0 aliphatic rings. The van der Waals surface area contributed by atoms with Crippen molar-refractivity contribution >= 4 is 44.9 Å². The third kappa shape index (κ3) is 4.89. The Morgan fingerprint density at radius 2 is 1.91 bits per heavy atom. The number of hydrogen-bond acceptors (Lipinski definition) is 7. The maximum absolute atomic E-state index is 13.3. The van der Waals surface area contributed by atoms with Crippen molar-refractivity contribution < 1.29 is 14.3 Å². The predicted octanol–water partition coefficient (Wildman–Crippen LogP) is 4.76. The first-order valence-corrected chi connectivity index (χ1v) is 12.1. The number of carbonyl (C=O) groups is 1. The van der Waals surface area contributed by atoms with Gasteiger partial charge in [0, 0.05) is 10.9 Å². The zero-order valence-electron chi connectivity index (χ0n) is 18.5. The zero-order valence-corrected chi connectivity index (χ0v) is 20.1. The maximum atomic E-state index is 13.3. The summed E-state index contributed by atoms with van der Waals surface area (Å²) < 4.78 is 12.1. The fourth-order valence-electron chi connectivity index (χ4n) is 3.31. The van der Waals surface area contributed by atoms with Gasteiger partial charge in [-0.15, -0.1) is 11.3 Å². The first kappa shape index (κ1) is 22.9. The molecule has 0 atom stereocenters. The van der Waals surface area contributed by atoms with Gasteiger partial charge >= 0.3 is 0 Å². The summed E-state index contributed by atoms with van der Waals surface area (Å²) in [7, 11) is 3.10. The van der Waals surface area contributed by atoms with Crippen LogP contribution >= 0.6 is 23.1 Å². The number of hydrogen-bond donors (Lipinski definition) is 1. The van der Waals surface area contributed by atoms with Gasteiger partial charge in [0.05, 0.1) is 36.7 Å². The molecule has 2 aromatic carbocycles. The van der Waals surface area contributed by atoms with E-state index in [2.05, 4.69) is 5.32 Å². The smallest absolute Gasteiger partial charge is 0.267 e. The second-order valence-corrected chi connectivity index (χ2v) is 9.12. The van der Waals surface area contributed by atoms with Gasteiger partial charge < -0.3 is 14.8 Å². The van der Waals surface area contributed by atoms with Crippen LogP contribution in [0.4, 0.5) is 5.69 Å². The number of aryl methyl sites for hydroxylation is 1. The molecule has 0 unspecified atom stereocenters. The molecular weight excluding hydrogens is 458 g/mol. The number of thiophene rings is 1. The lowest BCUT2D eigenvalue weighted by Gasteiger charge is -2.13. The van der Waals surface area contributed by atoms with Gasteiger partial charge in [0.1, 0.15) is 16.3 Å². The molecule has 0 saturated heterocycles. The minimum atomic E-state index is -0.238. The molecule has 2 heterocycles. The van der Waals surface area contributed by atoms with E-state index in [1.807, 2.05) is 43.3 Å². The van der Waals surface area contributed by atoms with E-state index in [-0.39, 0.29) is 17.2 Å². The van der Waals surface area contributed by atoms with E-state index >= 15 is 0 Å². The van der Waals surface area contributed by atoms with Crippen LogP contribution < -0.4 is 20.3 Å². The summed E-state index contributed by atoms with van der Waals surface area (Å²) in [5.41, 5.74) is 1.11. The number of ether oxygens (including phenoxy) is 2. The molecule has 1 amide bonds. The summed E-state index contributed by atoms with van der Waals surface area (Å²) in [5.74, 6) is 0.967. The third-order valence-corrected chi connectivity index (χ3v) is 7.08. The predicted molar refractivity (Wildman–Crippen MR) is 133 cm³/mol. The number of methoxy groups -OCH3 is 2. The molecule has 1 N–H and O–H groups in total. The van der Waals surface area contributed by atoms with Crippen LogP contribution in [0.3, 0.4) is 0 Å². The van der Waals surface area contributed by atoms with Crippen molar-refractivity contribution in [2.45, 2.75) is 18.5 Å². The van der Waals surface area contributed by atoms with E-state index in [1.165, 1.54) is 30.2 Å². The molecule has 9 heteroatoms. The Balaban J connectivity index is 1.63. The molecule has 0 fully saturated rings. The quantitative estimate of drug-likeness (QED) is 0.289. The number of carbonyl (C=O) groups excluding carboxylic acids is 1. The van der Waals surface area contributed by atoms with E-state index in [4.69, 9.17) is 14.5 Å². The van der Waals surface area contributed by atoms with Crippen LogP contribution in [0.2, 0.25) is 0 Å². The number of nitrogens with one attached hydrogen (secondary N) is 1. The SMILES string of the molecule is CCc1cc2c(=O)n(-c3ccccc3)c(SCC(=O)Nc3ccc(OC)cc3OC)nc2s1. The number of anilines is 1. The van der Waals surface area contributed by atoms with Crippen molar-refractivity contribution in [2.75, 3.05) is 25.3 Å². The van der Waals surface area contributed by atoms with Gasteiger partial charge in [-0.1, -0.05) is 36.9 Å². The van der Waals surface area contributed by atoms with E-state index in [1.54, 1.807) is 29.9 Å². The van der Waals surface area contributed by atoms with Gasteiger partial charge in [-0.25, -0.2) is 4.98 Å². The van der Waals surface area contributed by atoms with Gasteiger partial charge in [-0.2, -0.15) is 0 Å². The molecule has 0 aliphatic heterocycles. The number of thioether (sulfide) groups is 1. The number of aromatic nitrogens is 2. The van der Waals surface area contributed by atoms with Gasteiger partial charge in [-0.05, 0) is 36.8 Å². The Morgan fingerprint density at radius 1 is 1.12 bits per heavy atom. The molecule has 2 aromatic heterocycles. The Morgan fingerprint density at radius 3 is 2.61 bits per heavy atom. The molecule has 0 spiro atoms. The number of para-hydroxylation sites is 1. The summed E-state index contributed by atoms with van der Waals surface area (Å²) in [6.45, 7) is 2.05. The zero-order chi connectivity index (χ0) is 23.4. The fraction of sp³-hybridized carbons (Fsp3) is 0.208. The largest absolute Gasteiger partial charge is 0.497 e. The molecule has 0 saturated carbocycles. The summed E-state index contributed by atoms with van der Waals surface area (Å²) in [4.78, 5) is 32.6. The molecule has 170 valence electrons. The Bertz CT molecular complexity index is 1350. The van der Waals surface area contributed by atoms with E-state index < -0.39 is 0 Å². The number of benzene rings is 2. The topological polar surface area (TPSA) is 82.5 Å². The van der Waals surface area contributed by atoms with E-state index in [9.17, 15) is 9.59 Å². The minimum absolute atomic E-state index is 0.0754. The Kier molecular flexibility index (Phi) is 7.00.